The van der Waals surface area contributed by atoms with Crippen LogP contribution in [0, 0.1) is 5.92 Å². The molecule has 3 heteroatoms. The molecule has 2 bridgehead atoms. The van der Waals surface area contributed by atoms with Gasteiger partial charge in [-0.25, -0.2) is 0 Å². The standard InChI is InChI=1S/C18H25NO2/c1-19-10-9-18-8-4-3-5-14(18)16(19)17(20)13-7-6-12(21-2)11-15(13)18/h6-7,11,14,16-17,20H,3-5,8-10H2,1-2H3/t14-,16+,17?,18-/m0/s1. The smallest absolute Gasteiger partial charge is 0.119 e. The van der Waals surface area contributed by atoms with Gasteiger partial charge in [0.1, 0.15) is 5.75 Å². The van der Waals surface area contributed by atoms with Gasteiger partial charge >= 0.3 is 0 Å². The van der Waals surface area contributed by atoms with Crippen LogP contribution in [-0.2, 0) is 5.41 Å². The number of nitrogens with zero attached hydrogens (tertiary/aromatic N) is 1. The van der Waals surface area contributed by atoms with Gasteiger partial charge < -0.3 is 14.7 Å². The fraction of sp³-hybridized carbons (Fsp3) is 0.667. The van der Waals surface area contributed by atoms with Crippen LogP contribution in [0.3, 0.4) is 0 Å². The van der Waals surface area contributed by atoms with Crippen molar-refractivity contribution in [2.75, 3.05) is 20.7 Å². The second-order valence-electron chi connectivity index (χ2n) is 7.13. The molecular formula is C18H25NO2. The molecule has 3 nitrogen and oxygen atoms in total. The van der Waals surface area contributed by atoms with E-state index in [1.165, 1.54) is 37.7 Å². The first-order valence-corrected chi connectivity index (χ1v) is 8.24. The summed E-state index contributed by atoms with van der Waals surface area (Å²) >= 11 is 0. The third-order valence-electron chi connectivity index (χ3n) is 6.37. The van der Waals surface area contributed by atoms with Crippen LogP contribution < -0.4 is 4.74 Å². The van der Waals surface area contributed by atoms with E-state index in [9.17, 15) is 5.11 Å². The van der Waals surface area contributed by atoms with Gasteiger partial charge in [0.15, 0.2) is 0 Å². The summed E-state index contributed by atoms with van der Waals surface area (Å²) in [6.45, 7) is 1.09. The number of likely N-dealkylation sites (N-methyl/N-ethyl adjacent to an activating group) is 1. The van der Waals surface area contributed by atoms with Crippen molar-refractivity contribution in [3.63, 3.8) is 0 Å². The molecule has 1 saturated carbocycles. The number of methoxy groups -OCH3 is 1. The molecule has 1 N–H and O–H groups in total. The van der Waals surface area contributed by atoms with Gasteiger partial charge in [0.2, 0.25) is 0 Å². The lowest BCUT2D eigenvalue weighted by Gasteiger charge is -2.59. The van der Waals surface area contributed by atoms with Crippen molar-refractivity contribution in [3.05, 3.63) is 29.3 Å². The Morgan fingerprint density at radius 1 is 1.29 bits per heavy atom. The summed E-state index contributed by atoms with van der Waals surface area (Å²) in [6, 6.07) is 6.59. The number of likely N-dealkylation sites (tertiary alicyclic amines) is 1. The lowest BCUT2D eigenvalue weighted by Crippen LogP contribution is -2.61. The van der Waals surface area contributed by atoms with Crippen molar-refractivity contribution in [2.45, 2.75) is 49.7 Å². The quantitative estimate of drug-likeness (QED) is 0.862. The van der Waals surface area contributed by atoms with Crippen LogP contribution in [0.5, 0.6) is 5.75 Å². The Morgan fingerprint density at radius 3 is 2.95 bits per heavy atom. The van der Waals surface area contributed by atoms with Crippen molar-refractivity contribution in [1.82, 2.24) is 4.90 Å². The summed E-state index contributed by atoms with van der Waals surface area (Å²) in [6.07, 6.45) is 6.02. The Balaban J connectivity index is 1.92. The molecule has 0 aromatic heterocycles. The summed E-state index contributed by atoms with van der Waals surface area (Å²) in [5.74, 6) is 1.52. The molecular weight excluding hydrogens is 262 g/mol. The molecule has 1 aliphatic heterocycles. The molecule has 3 aliphatic rings. The number of rotatable bonds is 1. The highest BCUT2D eigenvalue weighted by Crippen LogP contribution is 2.58. The number of hydrogen-bond donors (Lipinski definition) is 1. The molecule has 1 heterocycles. The van der Waals surface area contributed by atoms with Gasteiger partial charge in [-0.2, -0.15) is 0 Å². The molecule has 0 spiro atoms. The van der Waals surface area contributed by atoms with E-state index in [4.69, 9.17) is 4.74 Å². The molecule has 1 unspecified atom stereocenters. The molecule has 1 saturated heterocycles. The van der Waals surface area contributed by atoms with Gasteiger partial charge in [0, 0.05) is 11.5 Å². The molecule has 2 aliphatic carbocycles. The Morgan fingerprint density at radius 2 is 2.14 bits per heavy atom. The zero-order valence-electron chi connectivity index (χ0n) is 13.0. The van der Waals surface area contributed by atoms with Crippen molar-refractivity contribution >= 4 is 0 Å². The molecule has 4 rings (SSSR count). The number of aliphatic hydroxyl groups excluding tert-OH is 1. The zero-order chi connectivity index (χ0) is 14.6. The Labute approximate surface area is 126 Å². The van der Waals surface area contributed by atoms with Gasteiger partial charge in [0.25, 0.3) is 0 Å². The lowest BCUT2D eigenvalue weighted by atomic mass is 9.52. The van der Waals surface area contributed by atoms with Gasteiger partial charge in [-0.1, -0.05) is 18.9 Å². The van der Waals surface area contributed by atoms with E-state index in [0.717, 1.165) is 17.9 Å². The first kappa shape index (κ1) is 13.6. The van der Waals surface area contributed by atoms with E-state index >= 15 is 0 Å². The minimum Gasteiger partial charge on any atom is -0.497 e. The number of ether oxygens (including phenoxy) is 1. The van der Waals surface area contributed by atoms with E-state index in [1.54, 1.807) is 7.11 Å². The average molecular weight is 287 g/mol. The van der Waals surface area contributed by atoms with Gasteiger partial charge in [-0.15, -0.1) is 0 Å². The van der Waals surface area contributed by atoms with Crippen LogP contribution in [-0.4, -0.2) is 36.8 Å². The third-order valence-corrected chi connectivity index (χ3v) is 6.37. The molecule has 0 amide bonds. The Hall–Kier alpha value is -1.06. The van der Waals surface area contributed by atoms with Crippen LogP contribution in [0.4, 0.5) is 0 Å². The molecule has 1 aromatic carbocycles. The fourth-order valence-corrected chi connectivity index (χ4v) is 5.37. The maximum absolute atomic E-state index is 11.0. The highest BCUT2D eigenvalue weighted by molar-refractivity contribution is 5.47. The Kier molecular flexibility index (Phi) is 3.05. The van der Waals surface area contributed by atoms with Crippen LogP contribution in [0.1, 0.15) is 49.3 Å². The molecule has 21 heavy (non-hydrogen) atoms. The summed E-state index contributed by atoms with van der Waals surface area (Å²) in [4.78, 5) is 2.39. The molecule has 0 radical (unpaired) electrons. The minimum atomic E-state index is -0.354. The van der Waals surface area contributed by atoms with Gasteiger partial charge in [-0.3, -0.25) is 0 Å². The first-order valence-electron chi connectivity index (χ1n) is 8.24. The minimum absolute atomic E-state index is 0.276. The van der Waals surface area contributed by atoms with E-state index < -0.39 is 0 Å². The van der Waals surface area contributed by atoms with E-state index in [1.807, 2.05) is 6.07 Å². The summed E-state index contributed by atoms with van der Waals surface area (Å²) in [5.41, 5.74) is 2.80. The lowest BCUT2D eigenvalue weighted by molar-refractivity contribution is -0.0680. The molecule has 4 atom stereocenters. The fourth-order valence-electron chi connectivity index (χ4n) is 5.37. The highest BCUT2D eigenvalue weighted by atomic mass is 16.5. The molecule has 2 fully saturated rings. The molecule has 1 aromatic rings. The topological polar surface area (TPSA) is 32.7 Å². The first-order chi connectivity index (χ1) is 10.2. The van der Waals surface area contributed by atoms with Crippen molar-refractivity contribution < 1.29 is 9.84 Å². The van der Waals surface area contributed by atoms with Crippen molar-refractivity contribution in [1.29, 1.82) is 0 Å². The predicted octanol–water partition coefficient (Wildman–Crippen LogP) is 2.87. The summed E-state index contributed by atoms with van der Waals surface area (Å²) in [7, 11) is 3.91. The normalized spacial score (nSPS) is 38.5. The third kappa shape index (κ3) is 1.74. The van der Waals surface area contributed by atoms with Crippen LogP contribution in [0.25, 0.3) is 0 Å². The predicted molar refractivity (Wildman–Crippen MR) is 82.6 cm³/mol. The average Bonchev–Trinajstić information content (AvgIpc) is 2.53. The number of piperidine rings is 1. The summed E-state index contributed by atoms with van der Waals surface area (Å²) in [5, 5.41) is 11.0. The van der Waals surface area contributed by atoms with Gasteiger partial charge in [0.05, 0.1) is 13.2 Å². The van der Waals surface area contributed by atoms with Crippen molar-refractivity contribution in [2.24, 2.45) is 5.92 Å². The van der Waals surface area contributed by atoms with Gasteiger partial charge in [-0.05, 0) is 62.0 Å². The van der Waals surface area contributed by atoms with E-state index in [2.05, 4.69) is 24.1 Å². The maximum Gasteiger partial charge on any atom is 0.119 e. The zero-order valence-corrected chi connectivity index (χ0v) is 13.0. The highest BCUT2D eigenvalue weighted by Gasteiger charge is 2.56. The van der Waals surface area contributed by atoms with Crippen LogP contribution in [0.15, 0.2) is 18.2 Å². The number of hydrogen-bond acceptors (Lipinski definition) is 3. The molecule has 114 valence electrons. The van der Waals surface area contributed by atoms with E-state index in [0.29, 0.717) is 12.0 Å². The number of aliphatic hydroxyl groups is 1. The number of benzene rings is 1. The summed E-state index contributed by atoms with van der Waals surface area (Å²) < 4.78 is 5.46. The number of fused-ring (bicyclic) bond motifs is 1. The Bertz CT molecular complexity index is 558. The van der Waals surface area contributed by atoms with E-state index in [-0.39, 0.29) is 11.5 Å². The van der Waals surface area contributed by atoms with Crippen LogP contribution in [0.2, 0.25) is 0 Å². The monoisotopic (exact) mass is 287 g/mol. The van der Waals surface area contributed by atoms with Crippen LogP contribution >= 0.6 is 0 Å². The SMILES string of the molecule is COc1ccc2c(c1)[C@]13CCCC[C@H]1[C@H](C2O)N(C)CC3. The second-order valence-corrected chi connectivity index (χ2v) is 7.13. The largest absolute Gasteiger partial charge is 0.497 e. The maximum atomic E-state index is 11.0. The van der Waals surface area contributed by atoms with Crippen molar-refractivity contribution in [3.8, 4) is 5.75 Å². The second kappa shape index (κ2) is 4.72.